The maximum atomic E-state index is 6.06. The molecule has 128 valence electrons. The number of benzene rings is 1. The van der Waals surface area contributed by atoms with Gasteiger partial charge in [0.15, 0.2) is 5.75 Å². The van der Waals surface area contributed by atoms with Crippen molar-refractivity contribution in [3.63, 3.8) is 0 Å². The molecular formula is C21H23N3O. The van der Waals surface area contributed by atoms with E-state index in [0.29, 0.717) is 5.41 Å². The van der Waals surface area contributed by atoms with Gasteiger partial charge < -0.3 is 4.74 Å². The van der Waals surface area contributed by atoms with Crippen molar-refractivity contribution in [2.45, 2.75) is 50.9 Å². The van der Waals surface area contributed by atoms with E-state index in [1.807, 2.05) is 42.5 Å². The van der Waals surface area contributed by atoms with Crippen LogP contribution in [0.25, 0.3) is 5.65 Å². The van der Waals surface area contributed by atoms with E-state index in [0.717, 1.165) is 23.0 Å². The molecule has 1 aromatic carbocycles. The Kier molecular flexibility index (Phi) is 3.18. The van der Waals surface area contributed by atoms with Crippen molar-refractivity contribution in [1.82, 2.24) is 14.6 Å². The molecule has 3 saturated carbocycles. The number of rotatable bonds is 3. The number of hydrogen-bond acceptors (Lipinski definition) is 3. The molecule has 4 heteroatoms. The lowest BCUT2D eigenvalue weighted by Crippen LogP contribution is -2.43. The van der Waals surface area contributed by atoms with E-state index >= 15 is 0 Å². The third kappa shape index (κ3) is 2.35. The maximum absolute atomic E-state index is 6.06. The summed E-state index contributed by atoms with van der Waals surface area (Å²) in [4.78, 5) is 0. The van der Waals surface area contributed by atoms with Crippen molar-refractivity contribution < 1.29 is 4.74 Å². The molecule has 2 heterocycles. The summed E-state index contributed by atoms with van der Waals surface area (Å²) in [6.45, 7) is 2.45. The quantitative estimate of drug-likeness (QED) is 0.667. The molecule has 0 atom stereocenters. The third-order valence-corrected chi connectivity index (χ3v) is 6.47. The van der Waals surface area contributed by atoms with Crippen LogP contribution in [0.15, 0.2) is 48.7 Å². The first-order valence-corrected chi connectivity index (χ1v) is 9.25. The standard InChI is InChI=1S/C21H23N3O/c1-20-9-12-21(13-10-20,14-11-20)19-23-22-18-17(8-5-15-24(18)19)25-16-6-3-2-4-7-16/h2-8,15H,9-14H2,1H3. The zero-order chi connectivity index (χ0) is 16.9. The second kappa shape index (κ2) is 5.32. The molecular weight excluding hydrogens is 310 g/mol. The first-order valence-electron chi connectivity index (χ1n) is 9.25. The van der Waals surface area contributed by atoms with E-state index in [9.17, 15) is 0 Å². The monoisotopic (exact) mass is 333 g/mol. The van der Waals surface area contributed by atoms with Gasteiger partial charge in [0.1, 0.15) is 11.6 Å². The summed E-state index contributed by atoms with van der Waals surface area (Å²) < 4.78 is 8.22. The first kappa shape index (κ1) is 14.9. The minimum atomic E-state index is 0.197. The minimum Gasteiger partial charge on any atom is -0.453 e. The predicted molar refractivity (Wildman–Crippen MR) is 97.0 cm³/mol. The second-order valence-electron chi connectivity index (χ2n) is 8.10. The van der Waals surface area contributed by atoms with E-state index < -0.39 is 0 Å². The van der Waals surface area contributed by atoms with Crippen molar-refractivity contribution in [3.8, 4) is 11.5 Å². The van der Waals surface area contributed by atoms with Gasteiger partial charge in [-0.05, 0) is 68.2 Å². The molecule has 0 radical (unpaired) electrons. The second-order valence-corrected chi connectivity index (χ2v) is 8.10. The Morgan fingerprint density at radius 3 is 2.32 bits per heavy atom. The van der Waals surface area contributed by atoms with Crippen LogP contribution in [0.2, 0.25) is 0 Å². The molecule has 3 aliphatic carbocycles. The number of aromatic nitrogens is 3. The highest BCUT2D eigenvalue weighted by atomic mass is 16.5. The number of nitrogens with zero attached hydrogens (tertiary/aromatic N) is 3. The topological polar surface area (TPSA) is 39.4 Å². The summed E-state index contributed by atoms with van der Waals surface area (Å²) in [7, 11) is 0. The average Bonchev–Trinajstić information content (AvgIpc) is 3.10. The fraction of sp³-hybridized carbons (Fsp3) is 0.429. The van der Waals surface area contributed by atoms with E-state index in [-0.39, 0.29) is 5.41 Å². The van der Waals surface area contributed by atoms with Gasteiger partial charge in [-0.2, -0.15) is 0 Å². The highest BCUT2D eigenvalue weighted by molar-refractivity contribution is 5.55. The molecule has 0 unspecified atom stereocenters. The van der Waals surface area contributed by atoms with E-state index in [1.165, 1.54) is 38.5 Å². The molecule has 3 aliphatic rings. The molecule has 0 spiro atoms. The molecule has 4 nitrogen and oxygen atoms in total. The molecule has 2 aromatic heterocycles. The number of para-hydroxylation sites is 1. The zero-order valence-corrected chi connectivity index (χ0v) is 14.6. The number of ether oxygens (including phenoxy) is 1. The van der Waals surface area contributed by atoms with E-state index in [4.69, 9.17) is 4.74 Å². The van der Waals surface area contributed by atoms with Crippen molar-refractivity contribution in [2.75, 3.05) is 0 Å². The number of hydrogen-bond donors (Lipinski definition) is 0. The third-order valence-electron chi connectivity index (χ3n) is 6.47. The molecule has 0 N–H and O–H groups in total. The van der Waals surface area contributed by atoms with Crippen LogP contribution in [-0.2, 0) is 5.41 Å². The van der Waals surface area contributed by atoms with Crippen LogP contribution in [0.5, 0.6) is 11.5 Å². The van der Waals surface area contributed by atoms with Gasteiger partial charge in [-0.3, -0.25) is 4.40 Å². The van der Waals surface area contributed by atoms with Gasteiger partial charge in [0.25, 0.3) is 0 Å². The molecule has 2 bridgehead atoms. The van der Waals surface area contributed by atoms with Crippen molar-refractivity contribution in [3.05, 3.63) is 54.5 Å². The highest BCUT2D eigenvalue weighted by Crippen LogP contribution is 2.57. The average molecular weight is 333 g/mol. The van der Waals surface area contributed by atoms with Crippen molar-refractivity contribution in [1.29, 1.82) is 0 Å². The molecule has 6 rings (SSSR count). The lowest BCUT2D eigenvalue weighted by Gasteiger charge is -2.51. The Morgan fingerprint density at radius 2 is 1.60 bits per heavy atom. The molecule has 0 aliphatic heterocycles. The van der Waals surface area contributed by atoms with Gasteiger partial charge in [-0.15, -0.1) is 10.2 Å². The summed E-state index contributed by atoms with van der Waals surface area (Å²) in [6.07, 6.45) is 9.70. The Balaban J connectivity index is 1.55. The van der Waals surface area contributed by atoms with Crippen LogP contribution in [0.3, 0.4) is 0 Å². The maximum Gasteiger partial charge on any atom is 0.203 e. The summed E-state index contributed by atoms with van der Waals surface area (Å²) in [5, 5.41) is 9.15. The zero-order valence-electron chi connectivity index (χ0n) is 14.6. The number of fused-ring (bicyclic) bond motifs is 4. The Labute approximate surface area is 147 Å². The molecule has 3 fully saturated rings. The lowest BCUT2D eigenvalue weighted by atomic mass is 9.54. The van der Waals surface area contributed by atoms with E-state index in [1.54, 1.807) is 0 Å². The van der Waals surface area contributed by atoms with E-state index in [2.05, 4.69) is 27.7 Å². The predicted octanol–water partition coefficient (Wildman–Crippen LogP) is 5.13. The number of pyridine rings is 1. The van der Waals surface area contributed by atoms with Gasteiger partial charge in [0.05, 0.1) is 0 Å². The lowest BCUT2D eigenvalue weighted by molar-refractivity contribution is 0.0501. The Hall–Kier alpha value is -2.36. The molecule has 3 aromatic rings. The van der Waals surface area contributed by atoms with Crippen LogP contribution in [0.1, 0.15) is 51.3 Å². The van der Waals surface area contributed by atoms with Crippen molar-refractivity contribution >= 4 is 5.65 Å². The van der Waals surface area contributed by atoms with Crippen LogP contribution in [0.4, 0.5) is 0 Å². The van der Waals surface area contributed by atoms with Crippen LogP contribution in [0, 0.1) is 5.41 Å². The minimum absolute atomic E-state index is 0.197. The fourth-order valence-corrected chi connectivity index (χ4v) is 4.66. The highest BCUT2D eigenvalue weighted by Gasteiger charge is 2.49. The van der Waals surface area contributed by atoms with Crippen LogP contribution >= 0.6 is 0 Å². The van der Waals surface area contributed by atoms with Crippen LogP contribution < -0.4 is 4.74 Å². The molecule has 25 heavy (non-hydrogen) atoms. The molecule has 0 amide bonds. The Morgan fingerprint density at radius 1 is 0.880 bits per heavy atom. The fourth-order valence-electron chi connectivity index (χ4n) is 4.66. The van der Waals surface area contributed by atoms with Gasteiger partial charge >= 0.3 is 0 Å². The molecule has 0 saturated heterocycles. The summed E-state index contributed by atoms with van der Waals surface area (Å²) in [5.74, 6) is 2.72. The largest absolute Gasteiger partial charge is 0.453 e. The summed E-state index contributed by atoms with van der Waals surface area (Å²) in [6, 6.07) is 13.9. The Bertz CT molecular complexity index is 891. The summed E-state index contributed by atoms with van der Waals surface area (Å²) in [5.41, 5.74) is 1.57. The first-order chi connectivity index (χ1) is 12.2. The van der Waals surface area contributed by atoms with Gasteiger partial charge in [0, 0.05) is 11.6 Å². The van der Waals surface area contributed by atoms with Gasteiger partial charge in [0.2, 0.25) is 5.65 Å². The van der Waals surface area contributed by atoms with Gasteiger partial charge in [-0.25, -0.2) is 0 Å². The smallest absolute Gasteiger partial charge is 0.203 e. The van der Waals surface area contributed by atoms with Crippen molar-refractivity contribution in [2.24, 2.45) is 5.41 Å². The SMILES string of the molecule is CC12CCC(c3nnc4c(Oc5ccccc5)cccn34)(CC1)CC2. The summed E-state index contributed by atoms with van der Waals surface area (Å²) >= 11 is 0. The van der Waals surface area contributed by atoms with Crippen LogP contribution in [-0.4, -0.2) is 14.6 Å². The van der Waals surface area contributed by atoms with Gasteiger partial charge in [-0.1, -0.05) is 25.1 Å². The normalized spacial score (nSPS) is 28.4.